The summed E-state index contributed by atoms with van der Waals surface area (Å²) in [5.74, 6) is -0.568. The molecule has 10 heteroatoms. The topological polar surface area (TPSA) is 61.7 Å². The summed E-state index contributed by atoms with van der Waals surface area (Å²) < 4.78 is 41.5. The molecule has 7 nitrogen and oxygen atoms in total. The molecule has 2 aliphatic heterocycles. The second-order valence-corrected chi connectivity index (χ2v) is 8.31. The molecule has 1 aromatic rings. The van der Waals surface area contributed by atoms with Crippen molar-refractivity contribution in [1.29, 1.82) is 0 Å². The molecule has 168 valence electrons. The van der Waals surface area contributed by atoms with E-state index in [-0.39, 0.29) is 19.0 Å². The van der Waals surface area contributed by atoms with Gasteiger partial charge in [-0.3, -0.25) is 19.2 Å². The molecule has 0 N–H and O–H groups in total. The van der Waals surface area contributed by atoms with Crippen LogP contribution in [0.25, 0.3) is 0 Å². The van der Waals surface area contributed by atoms with E-state index in [0.29, 0.717) is 19.6 Å². The third-order valence-corrected chi connectivity index (χ3v) is 5.76. The van der Waals surface area contributed by atoms with Gasteiger partial charge in [-0.15, -0.1) is 0 Å². The number of nitrogens with zero attached hydrogens (tertiary/aromatic N) is 5. The second kappa shape index (κ2) is 9.36. The van der Waals surface area contributed by atoms with E-state index in [1.807, 2.05) is 9.80 Å². The van der Waals surface area contributed by atoms with Gasteiger partial charge < -0.3 is 9.80 Å². The molecular weight excluding hydrogens is 399 g/mol. The average molecular weight is 429 g/mol. The summed E-state index contributed by atoms with van der Waals surface area (Å²) in [7, 11) is 0. The van der Waals surface area contributed by atoms with Crippen LogP contribution in [0.3, 0.4) is 0 Å². The fraction of sp³-hybridized carbons (Fsp3) is 0.750. The van der Waals surface area contributed by atoms with E-state index < -0.39 is 29.4 Å². The first-order valence-electron chi connectivity index (χ1n) is 10.6. The Morgan fingerprint density at radius 3 is 2.10 bits per heavy atom. The first-order valence-corrected chi connectivity index (χ1v) is 10.6. The van der Waals surface area contributed by atoms with Crippen LogP contribution in [0.2, 0.25) is 0 Å². The second-order valence-electron chi connectivity index (χ2n) is 8.31. The minimum Gasteiger partial charge on any atom is -0.342 e. The number of aromatic nitrogens is 2. The van der Waals surface area contributed by atoms with E-state index >= 15 is 0 Å². The van der Waals surface area contributed by atoms with Crippen molar-refractivity contribution in [1.82, 2.24) is 24.5 Å². The Kier molecular flexibility index (Phi) is 7.05. The number of carbonyl (C=O) groups is 2. The van der Waals surface area contributed by atoms with Gasteiger partial charge in [0.05, 0.1) is 18.3 Å². The van der Waals surface area contributed by atoms with Crippen molar-refractivity contribution >= 4 is 11.8 Å². The number of alkyl halides is 3. The first-order chi connectivity index (χ1) is 14.2. The number of rotatable bonds is 4. The molecule has 0 saturated carbocycles. The molecule has 2 saturated heterocycles. The summed E-state index contributed by atoms with van der Waals surface area (Å²) in [4.78, 5) is 30.6. The van der Waals surface area contributed by atoms with Gasteiger partial charge in [0, 0.05) is 45.3 Å². The quantitative estimate of drug-likeness (QED) is 0.738. The standard InChI is InChI=1S/C20H30F3N5O2/c1-15(2)28-18(20(21,22)23)16(13-24-28)19(30)27-11-9-25(10-12-27)14-17(29)26-7-5-3-4-6-8-26/h13,15H,3-12,14H2,1-2H3. The summed E-state index contributed by atoms with van der Waals surface area (Å²) in [5, 5.41) is 3.80. The van der Waals surface area contributed by atoms with Crippen molar-refractivity contribution < 1.29 is 22.8 Å². The van der Waals surface area contributed by atoms with Gasteiger partial charge in [0.25, 0.3) is 5.91 Å². The summed E-state index contributed by atoms with van der Waals surface area (Å²) >= 11 is 0. The monoisotopic (exact) mass is 429 g/mol. The number of carbonyl (C=O) groups excluding carboxylic acids is 2. The van der Waals surface area contributed by atoms with E-state index in [9.17, 15) is 22.8 Å². The molecule has 0 aliphatic carbocycles. The molecule has 30 heavy (non-hydrogen) atoms. The summed E-state index contributed by atoms with van der Waals surface area (Å²) in [6.07, 6.45) is 0.711. The Bertz CT molecular complexity index is 746. The van der Waals surface area contributed by atoms with E-state index in [4.69, 9.17) is 0 Å². The van der Waals surface area contributed by atoms with Gasteiger partial charge in [0.15, 0.2) is 5.69 Å². The number of hydrogen-bond donors (Lipinski definition) is 0. The number of hydrogen-bond acceptors (Lipinski definition) is 4. The van der Waals surface area contributed by atoms with Crippen LogP contribution in [0, 0.1) is 0 Å². The minimum absolute atomic E-state index is 0.0919. The van der Waals surface area contributed by atoms with Crippen molar-refractivity contribution in [3.05, 3.63) is 17.5 Å². The van der Waals surface area contributed by atoms with Crippen LogP contribution in [0.5, 0.6) is 0 Å². The van der Waals surface area contributed by atoms with Crippen molar-refractivity contribution in [2.45, 2.75) is 51.7 Å². The van der Waals surface area contributed by atoms with Gasteiger partial charge in [-0.1, -0.05) is 12.8 Å². The molecule has 2 amide bonds. The van der Waals surface area contributed by atoms with E-state index in [2.05, 4.69) is 5.10 Å². The number of likely N-dealkylation sites (tertiary alicyclic amines) is 1. The SMILES string of the molecule is CC(C)n1ncc(C(=O)N2CCN(CC(=O)N3CCCCCC3)CC2)c1C(F)(F)F. The Morgan fingerprint density at radius 2 is 1.57 bits per heavy atom. The molecule has 0 radical (unpaired) electrons. The fourth-order valence-corrected chi connectivity index (χ4v) is 4.08. The Labute approximate surface area is 174 Å². The molecule has 0 unspecified atom stereocenters. The maximum absolute atomic E-state index is 13.6. The molecule has 2 fully saturated rings. The highest BCUT2D eigenvalue weighted by Gasteiger charge is 2.41. The van der Waals surface area contributed by atoms with Gasteiger partial charge in [-0.05, 0) is 26.7 Å². The van der Waals surface area contributed by atoms with Crippen LogP contribution in [0.1, 0.15) is 61.6 Å². The van der Waals surface area contributed by atoms with Crippen LogP contribution in [0.15, 0.2) is 6.20 Å². The molecule has 2 aliphatic rings. The normalized spacial score (nSPS) is 19.3. The molecule has 3 heterocycles. The Hall–Kier alpha value is -2.10. The zero-order chi connectivity index (χ0) is 21.9. The highest BCUT2D eigenvalue weighted by Crippen LogP contribution is 2.34. The van der Waals surface area contributed by atoms with Crippen molar-refractivity contribution in [2.24, 2.45) is 0 Å². The third-order valence-electron chi connectivity index (χ3n) is 5.76. The van der Waals surface area contributed by atoms with Crippen LogP contribution < -0.4 is 0 Å². The lowest BCUT2D eigenvalue weighted by molar-refractivity contribution is -0.145. The molecule has 0 bridgehead atoms. The smallest absolute Gasteiger partial charge is 0.342 e. The third kappa shape index (κ3) is 5.14. The summed E-state index contributed by atoms with van der Waals surface area (Å²) in [6.45, 7) is 6.56. The van der Waals surface area contributed by atoms with Gasteiger partial charge in [-0.2, -0.15) is 18.3 Å². The van der Waals surface area contributed by atoms with Gasteiger partial charge in [-0.25, -0.2) is 0 Å². The van der Waals surface area contributed by atoms with Crippen LogP contribution in [-0.4, -0.2) is 82.1 Å². The highest BCUT2D eigenvalue weighted by molar-refractivity contribution is 5.95. The van der Waals surface area contributed by atoms with Crippen LogP contribution in [-0.2, 0) is 11.0 Å². The van der Waals surface area contributed by atoms with Crippen LogP contribution in [0.4, 0.5) is 13.2 Å². The maximum Gasteiger partial charge on any atom is 0.433 e. The van der Waals surface area contributed by atoms with E-state index in [0.717, 1.165) is 49.7 Å². The fourth-order valence-electron chi connectivity index (χ4n) is 4.08. The lowest BCUT2D eigenvalue weighted by Gasteiger charge is -2.35. The first kappa shape index (κ1) is 22.6. The zero-order valence-electron chi connectivity index (χ0n) is 17.6. The van der Waals surface area contributed by atoms with Crippen LogP contribution >= 0.6 is 0 Å². The predicted octanol–water partition coefficient (Wildman–Crippen LogP) is 2.64. The molecule has 1 aromatic heterocycles. The Morgan fingerprint density at radius 1 is 0.967 bits per heavy atom. The van der Waals surface area contributed by atoms with Crippen molar-refractivity contribution in [3.63, 3.8) is 0 Å². The lowest BCUT2D eigenvalue weighted by atomic mass is 10.1. The average Bonchev–Trinajstić information content (AvgIpc) is 2.98. The number of amides is 2. The van der Waals surface area contributed by atoms with Crippen molar-refractivity contribution in [2.75, 3.05) is 45.8 Å². The van der Waals surface area contributed by atoms with Gasteiger partial charge in [0.2, 0.25) is 5.91 Å². The van der Waals surface area contributed by atoms with E-state index in [1.165, 1.54) is 4.90 Å². The zero-order valence-corrected chi connectivity index (χ0v) is 17.6. The van der Waals surface area contributed by atoms with E-state index in [1.54, 1.807) is 13.8 Å². The lowest BCUT2D eigenvalue weighted by Crippen LogP contribution is -2.51. The molecule has 0 spiro atoms. The maximum atomic E-state index is 13.6. The largest absolute Gasteiger partial charge is 0.433 e. The minimum atomic E-state index is -4.66. The summed E-state index contributed by atoms with van der Waals surface area (Å²) in [6, 6.07) is -0.509. The van der Waals surface area contributed by atoms with Gasteiger partial charge in [0.1, 0.15) is 0 Å². The van der Waals surface area contributed by atoms with Crippen molar-refractivity contribution in [3.8, 4) is 0 Å². The van der Waals surface area contributed by atoms with Gasteiger partial charge >= 0.3 is 6.18 Å². The predicted molar refractivity (Wildman–Crippen MR) is 105 cm³/mol. The molecule has 3 rings (SSSR count). The summed E-state index contributed by atoms with van der Waals surface area (Å²) in [5.41, 5.74) is -1.41. The molecular formula is C20H30F3N5O2. The molecule has 0 aromatic carbocycles. The Balaban J connectivity index is 1.60. The highest BCUT2D eigenvalue weighted by atomic mass is 19.4. The number of piperazine rings is 1. The molecule has 0 atom stereocenters. The number of halogens is 3.